The first-order valence-electron chi connectivity index (χ1n) is 8.38. The SMILES string of the molecule is Cc1ccc(OCC(=O)NCc2nc(CN3CCOCC3)cs2)cc1. The Balaban J connectivity index is 1.39. The highest BCUT2D eigenvalue weighted by Gasteiger charge is 2.13. The summed E-state index contributed by atoms with van der Waals surface area (Å²) in [5.74, 6) is 0.549. The minimum absolute atomic E-state index is 0.00900. The average molecular weight is 361 g/mol. The number of hydrogen-bond acceptors (Lipinski definition) is 6. The van der Waals surface area contributed by atoms with Crippen molar-refractivity contribution in [1.29, 1.82) is 0 Å². The molecule has 1 fully saturated rings. The molecule has 0 radical (unpaired) electrons. The van der Waals surface area contributed by atoms with Crippen LogP contribution in [0.2, 0.25) is 0 Å². The topological polar surface area (TPSA) is 63.7 Å². The fourth-order valence-corrected chi connectivity index (χ4v) is 3.22. The summed E-state index contributed by atoms with van der Waals surface area (Å²) >= 11 is 1.57. The van der Waals surface area contributed by atoms with E-state index in [1.54, 1.807) is 11.3 Å². The second-order valence-electron chi connectivity index (χ2n) is 6.00. The summed E-state index contributed by atoms with van der Waals surface area (Å²) in [4.78, 5) is 18.8. The summed E-state index contributed by atoms with van der Waals surface area (Å²) in [6.45, 7) is 6.75. The van der Waals surface area contributed by atoms with Crippen LogP contribution in [-0.2, 0) is 22.6 Å². The molecule has 0 atom stereocenters. The van der Waals surface area contributed by atoms with Crippen molar-refractivity contribution in [3.8, 4) is 5.75 Å². The van der Waals surface area contributed by atoms with E-state index in [1.165, 1.54) is 0 Å². The highest BCUT2D eigenvalue weighted by molar-refractivity contribution is 7.09. The number of ether oxygens (including phenoxy) is 2. The van der Waals surface area contributed by atoms with Gasteiger partial charge in [-0.1, -0.05) is 17.7 Å². The lowest BCUT2D eigenvalue weighted by Crippen LogP contribution is -2.35. The van der Waals surface area contributed by atoms with Crippen molar-refractivity contribution in [3.63, 3.8) is 0 Å². The van der Waals surface area contributed by atoms with Gasteiger partial charge in [0.15, 0.2) is 6.61 Å². The van der Waals surface area contributed by atoms with E-state index in [1.807, 2.05) is 31.2 Å². The van der Waals surface area contributed by atoms with Crippen LogP contribution in [0.5, 0.6) is 5.75 Å². The van der Waals surface area contributed by atoms with Crippen LogP contribution in [0.1, 0.15) is 16.3 Å². The summed E-state index contributed by atoms with van der Waals surface area (Å²) in [7, 11) is 0. The molecular weight excluding hydrogens is 338 g/mol. The fourth-order valence-electron chi connectivity index (χ4n) is 2.50. The Morgan fingerprint density at radius 1 is 1.32 bits per heavy atom. The Morgan fingerprint density at radius 3 is 2.84 bits per heavy atom. The van der Waals surface area contributed by atoms with Gasteiger partial charge >= 0.3 is 0 Å². The monoisotopic (exact) mass is 361 g/mol. The summed E-state index contributed by atoms with van der Waals surface area (Å²) in [5, 5.41) is 5.81. The molecule has 1 aromatic carbocycles. The first kappa shape index (κ1) is 17.8. The number of benzene rings is 1. The van der Waals surface area contributed by atoms with Crippen molar-refractivity contribution in [2.75, 3.05) is 32.9 Å². The lowest BCUT2D eigenvalue weighted by atomic mass is 10.2. The molecule has 0 spiro atoms. The normalized spacial score (nSPS) is 15.1. The number of aryl methyl sites for hydroxylation is 1. The molecule has 25 heavy (non-hydrogen) atoms. The Morgan fingerprint density at radius 2 is 2.08 bits per heavy atom. The van der Waals surface area contributed by atoms with Gasteiger partial charge in [-0.2, -0.15) is 0 Å². The van der Waals surface area contributed by atoms with Crippen molar-refractivity contribution in [3.05, 3.63) is 45.9 Å². The first-order valence-corrected chi connectivity index (χ1v) is 9.26. The molecular formula is C18H23N3O3S. The molecule has 0 saturated carbocycles. The van der Waals surface area contributed by atoms with E-state index < -0.39 is 0 Å². The van der Waals surface area contributed by atoms with Crippen LogP contribution in [0.15, 0.2) is 29.6 Å². The van der Waals surface area contributed by atoms with E-state index >= 15 is 0 Å². The van der Waals surface area contributed by atoms with Gasteiger partial charge in [0.1, 0.15) is 10.8 Å². The summed E-state index contributed by atoms with van der Waals surface area (Å²) in [6.07, 6.45) is 0. The number of nitrogens with one attached hydrogen (secondary N) is 1. The average Bonchev–Trinajstić information content (AvgIpc) is 3.08. The Labute approximate surface area is 151 Å². The Hall–Kier alpha value is -1.96. The minimum atomic E-state index is -0.148. The summed E-state index contributed by atoms with van der Waals surface area (Å²) < 4.78 is 10.8. The van der Waals surface area contributed by atoms with Crippen LogP contribution in [0.3, 0.4) is 0 Å². The number of morpholine rings is 1. The second-order valence-corrected chi connectivity index (χ2v) is 6.94. The van der Waals surface area contributed by atoms with Crippen molar-refractivity contribution in [2.24, 2.45) is 0 Å². The van der Waals surface area contributed by atoms with Crippen LogP contribution in [0.25, 0.3) is 0 Å². The number of nitrogens with zero attached hydrogens (tertiary/aromatic N) is 2. The van der Waals surface area contributed by atoms with E-state index in [2.05, 4.69) is 20.6 Å². The van der Waals surface area contributed by atoms with E-state index in [9.17, 15) is 4.79 Å². The smallest absolute Gasteiger partial charge is 0.258 e. The summed E-state index contributed by atoms with van der Waals surface area (Å²) in [5.41, 5.74) is 2.21. The molecule has 134 valence electrons. The number of carbonyl (C=O) groups is 1. The molecule has 1 N–H and O–H groups in total. The van der Waals surface area contributed by atoms with Gasteiger partial charge in [-0.05, 0) is 19.1 Å². The number of carbonyl (C=O) groups excluding carboxylic acids is 1. The van der Waals surface area contributed by atoms with E-state index in [0.717, 1.165) is 49.1 Å². The largest absolute Gasteiger partial charge is 0.484 e. The lowest BCUT2D eigenvalue weighted by Gasteiger charge is -2.25. The fraction of sp³-hybridized carbons (Fsp3) is 0.444. The van der Waals surface area contributed by atoms with Gasteiger partial charge in [0.25, 0.3) is 5.91 Å². The third-order valence-electron chi connectivity index (χ3n) is 3.92. The maximum absolute atomic E-state index is 11.9. The lowest BCUT2D eigenvalue weighted by molar-refractivity contribution is -0.123. The zero-order valence-corrected chi connectivity index (χ0v) is 15.2. The Kier molecular flexibility index (Phi) is 6.38. The molecule has 0 aliphatic carbocycles. The van der Waals surface area contributed by atoms with Crippen LogP contribution < -0.4 is 10.1 Å². The van der Waals surface area contributed by atoms with Gasteiger partial charge in [-0.15, -0.1) is 11.3 Å². The van der Waals surface area contributed by atoms with E-state index in [-0.39, 0.29) is 12.5 Å². The van der Waals surface area contributed by atoms with Crippen LogP contribution >= 0.6 is 11.3 Å². The summed E-state index contributed by atoms with van der Waals surface area (Å²) in [6, 6.07) is 7.64. The third kappa shape index (κ3) is 5.81. The zero-order chi connectivity index (χ0) is 17.5. The van der Waals surface area contributed by atoms with E-state index in [4.69, 9.17) is 9.47 Å². The van der Waals surface area contributed by atoms with Gasteiger partial charge in [0.2, 0.25) is 0 Å². The van der Waals surface area contributed by atoms with Crippen LogP contribution in [0.4, 0.5) is 0 Å². The number of amides is 1. The first-order chi connectivity index (χ1) is 12.2. The van der Waals surface area contributed by atoms with Gasteiger partial charge in [0, 0.05) is 25.0 Å². The van der Waals surface area contributed by atoms with E-state index in [0.29, 0.717) is 12.3 Å². The van der Waals surface area contributed by atoms with Gasteiger partial charge < -0.3 is 14.8 Å². The molecule has 1 amide bonds. The molecule has 7 heteroatoms. The molecule has 1 aliphatic heterocycles. The Bertz CT molecular complexity index is 681. The number of rotatable bonds is 7. The molecule has 0 bridgehead atoms. The van der Waals surface area contributed by atoms with Crippen molar-refractivity contribution in [2.45, 2.75) is 20.0 Å². The zero-order valence-electron chi connectivity index (χ0n) is 14.4. The number of aromatic nitrogens is 1. The third-order valence-corrected chi connectivity index (χ3v) is 4.81. The molecule has 3 rings (SSSR count). The van der Waals surface area contributed by atoms with Gasteiger partial charge in [0.05, 0.1) is 25.5 Å². The molecule has 0 unspecified atom stereocenters. The number of thiazole rings is 1. The number of hydrogen-bond donors (Lipinski definition) is 1. The maximum atomic E-state index is 11.9. The van der Waals surface area contributed by atoms with Gasteiger partial charge in [-0.3, -0.25) is 9.69 Å². The highest BCUT2D eigenvalue weighted by Crippen LogP contribution is 2.13. The molecule has 1 saturated heterocycles. The van der Waals surface area contributed by atoms with Gasteiger partial charge in [-0.25, -0.2) is 4.98 Å². The van der Waals surface area contributed by atoms with Crippen molar-refractivity contribution in [1.82, 2.24) is 15.2 Å². The predicted molar refractivity (Wildman–Crippen MR) is 96.7 cm³/mol. The molecule has 1 aromatic heterocycles. The van der Waals surface area contributed by atoms with Crippen LogP contribution in [0, 0.1) is 6.92 Å². The van der Waals surface area contributed by atoms with Crippen LogP contribution in [-0.4, -0.2) is 48.7 Å². The molecule has 2 heterocycles. The molecule has 1 aliphatic rings. The maximum Gasteiger partial charge on any atom is 0.258 e. The highest BCUT2D eigenvalue weighted by atomic mass is 32.1. The minimum Gasteiger partial charge on any atom is -0.484 e. The van der Waals surface area contributed by atoms with Crippen molar-refractivity contribution < 1.29 is 14.3 Å². The molecule has 6 nitrogen and oxygen atoms in total. The predicted octanol–water partition coefficient (Wildman–Crippen LogP) is 1.98. The second kappa shape index (κ2) is 8.94. The quantitative estimate of drug-likeness (QED) is 0.817. The standard InChI is InChI=1S/C18H23N3O3S/c1-14-2-4-16(5-3-14)24-12-17(22)19-10-18-20-15(13-25-18)11-21-6-8-23-9-7-21/h2-5,13H,6-12H2,1H3,(H,19,22). The molecule has 2 aromatic rings. The van der Waals surface area contributed by atoms with Crippen molar-refractivity contribution >= 4 is 17.2 Å².